The summed E-state index contributed by atoms with van der Waals surface area (Å²) in [5.41, 5.74) is 2.38. The van der Waals surface area contributed by atoms with E-state index in [1.165, 1.54) is 13.0 Å². The third kappa shape index (κ3) is 7.56. The zero-order valence-electron chi connectivity index (χ0n) is 21.9. The molecule has 41 heavy (non-hydrogen) atoms. The van der Waals surface area contributed by atoms with E-state index in [9.17, 15) is 28.8 Å². The summed E-state index contributed by atoms with van der Waals surface area (Å²) >= 11 is 0. The normalized spacial score (nSPS) is 13.7. The highest BCUT2D eigenvalue weighted by molar-refractivity contribution is 6.07. The SMILES string of the molecule is CC(NC(=O)OCc1cccc(NC(=O)CN2C(=O)CN(CC(=O)NCc3nc4ccccc4[nH]3)C2=O)c1)C(=O)O. The largest absolute Gasteiger partial charge is 0.480 e. The van der Waals surface area contributed by atoms with Gasteiger partial charge in [0.15, 0.2) is 0 Å². The van der Waals surface area contributed by atoms with Crippen LogP contribution < -0.4 is 16.0 Å². The number of carbonyl (C=O) groups excluding carboxylic acids is 5. The number of alkyl carbamates (subject to hydrolysis) is 1. The van der Waals surface area contributed by atoms with Crippen molar-refractivity contribution in [2.75, 3.05) is 25.0 Å². The number of anilines is 1. The number of carboxylic acids is 1. The Hall–Kier alpha value is -5.47. The number of carbonyl (C=O) groups is 6. The molecule has 0 spiro atoms. The van der Waals surface area contributed by atoms with Gasteiger partial charge in [-0.15, -0.1) is 0 Å². The molecule has 1 atom stereocenters. The fourth-order valence-electron chi connectivity index (χ4n) is 3.89. The van der Waals surface area contributed by atoms with Crippen molar-refractivity contribution in [3.8, 4) is 0 Å². The van der Waals surface area contributed by atoms with E-state index in [4.69, 9.17) is 9.84 Å². The van der Waals surface area contributed by atoms with Gasteiger partial charge in [-0.3, -0.25) is 24.1 Å². The molecule has 15 nitrogen and oxygen atoms in total. The van der Waals surface area contributed by atoms with Crippen LogP contribution >= 0.6 is 0 Å². The Labute approximate surface area is 232 Å². The molecule has 3 aromatic rings. The number of aliphatic carboxylic acids is 1. The molecule has 0 radical (unpaired) electrons. The lowest BCUT2D eigenvalue weighted by atomic mass is 10.2. The molecule has 1 fully saturated rings. The molecule has 0 bridgehead atoms. The molecule has 15 heteroatoms. The molecule has 6 amide bonds. The molecule has 1 aliphatic rings. The van der Waals surface area contributed by atoms with Crippen LogP contribution in [0.15, 0.2) is 48.5 Å². The van der Waals surface area contributed by atoms with Crippen LogP contribution in [0, 0.1) is 0 Å². The molecular weight excluding hydrogens is 538 g/mol. The predicted octanol–water partition coefficient (Wildman–Crippen LogP) is 0.781. The maximum absolute atomic E-state index is 12.7. The monoisotopic (exact) mass is 565 g/mol. The standard InChI is InChI=1S/C26H27N7O8/c1-15(24(37)38)28-25(39)41-14-16-5-4-6-17(9-16)29-22(35)12-33-23(36)13-32(26(33)40)11-21(34)27-10-20-30-18-7-2-3-8-19(18)31-20/h2-9,15H,10-14H2,1H3,(H,27,34)(H,28,39)(H,29,35)(H,30,31)(H,37,38). The van der Waals surface area contributed by atoms with Crippen molar-refractivity contribution in [3.63, 3.8) is 0 Å². The quantitative estimate of drug-likeness (QED) is 0.208. The molecule has 0 saturated carbocycles. The smallest absolute Gasteiger partial charge is 0.408 e. The number of urea groups is 1. The average Bonchev–Trinajstić information content (AvgIpc) is 3.46. The lowest BCUT2D eigenvalue weighted by Gasteiger charge is -2.16. The minimum absolute atomic E-state index is 0.103. The molecule has 2 heterocycles. The number of fused-ring (bicyclic) bond motifs is 1. The van der Waals surface area contributed by atoms with Crippen molar-refractivity contribution in [1.82, 2.24) is 30.4 Å². The number of imidazole rings is 1. The number of carboxylic acid groups (broad SMARTS) is 1. The Kier molecular flexibility index (Phi) is 8.76. The highest BCUT2D eigenvalue weighted by Gasteiger charge is 2.38. The van der Waals surface area contributed by atoms with Crippen molar-refractivity contribution in [2.24, 2.45) is 0 Å². The number of para-hydroxylation sites is 2. The van der Waals surface area contributed by atoms with Gasteiger partial charge in [-0.25, -0.2) is 14.6 Å². The number of ether oxygens (including phenoxy) is 1. The summed E-state index contributed by atoms with van der Waals surface area (Å²) in [5.74, 6) is -2.46. The van der Waals surface area contributed by atoms with Crippen LogP contribution in [0.3, 0.4) is 0 Å². The minimum Gasteiger partial charge on any atom is -0.480 e. The Morgan fingerprint density at radius 2 is 1.85 bits per heavy atom. The van der Waals surface area contributed by atoms with Crippen molar-refractivity contribution < 1.29 is 38.6 Å². The summed E-state index contributed by atoms with van der Waals surface area (Å²) < 4.78 is 4.98. The lowest BCUT2D eigenvalue weighted by Crippen LogP contribution is -2.42. The van der Waals surface area contributed by atoms with Gasteiger partial charge in [-0.2, -0.15) is 0 Å². The van der Waals surface area contributed by atoms with Crippen LogP contribution in [0.2, 0.25) is 0 Å². The van der Waals surface area contributed by atoms with Gasteiger partial charge in [-0.1, -0.05) is 24.3 Å². The summed E-state index contributed by atoms with van der Waals surface area (Å²) in [6, 6.07) is 11.8. The molecule has 214 valence electrons. The average molecular weight is 566 g/mol. The van der Waals surface area contributed by atoms with Crippen LogP contribution in [-0.4, -0.2) is 86.4 Å². The number of amides is 6. The van der Waals surface area contributed by atoms with Gasteiger partial charge in [0.2, 0.25) is 11.8 Å². The van der Waals surface area contributed by atoms with Crippen LogP contribution in [-0.2, 0) is 37.1 Å². The lowest BCUT2D eigenvalue weighted by molar-refractivity contribution is -0.139. The molecule has 0 aliphatic carbocycles. The van der Waals surface area contributed by atoms with Crippen LogP contribution in [0.4, 0.5) is 15.3 Å². The zero-order chi connectivity index (χ0) is 29.5. The molecule has 1 saturated heterocycles. The number of hydrogen-bond acceptors (Lipinski definition) is 8. The molecule has 1 aromatic heterocycles. The van der Waals surface area contributed by atoms with Crippen molar-refractivity contribution in [3.05, 3.63) is 59.9 Å². The third-order valence-corrected chi connectivity index (χ3v) is 5.94. The van der Waals surface area contributed by atoms with Gasteiger partial charge in [0.1, 0.15) is 38.1 Å². The first-order valence-electron chi connectivity index (χ1n) is 12.4. The van der Waals surface area contributed by atoms with Crippen molar-refractivity contribution in [2.45, 2.75) is 26.1 Å². The highest BCUT2D eigenvalue weighted by Crippen LogP contribution is 2.14. The number of H-pyrrole nitrogens is 1. The van der Waals surface area contributed by atoms with Crippen molar-refractivity contribution in [1.29, 1.82) is 0 Å². The van der Waals surface area contributed by atoms with E-state index in [-0.39, 0.29) is 26.2 Å². The van der Waals surface area contributed by atoms with Crippen LogP contribution in [0.25, 0.3) is 11.0 Å². The summed E-state index contributed by atoms with van der Waals surface area (Å²) in [7, 11) is 0. The summed E-state index contributed by atoms with van der Waals surface area (Å²) in [6.45, 7) is -0.0912. The highest BCUT2D eigenvalue weighted by atomic mass is 16.5. The van der Waals surface area contributed by atoms with Gasteiger partial charge in [0.25, 0.3) is 5.91 Å². The number of aromatic nitrogens is 2. The van der Waals surface area contributed by atoms with E-state index in [2.05, 4.69) is 25.9 Å². The summed E-state index contributed by atoms with van der Waals surface area (Å²) in [6.07, 6.45) is -0.923. The molecule has 1 unspecified atom stereocenters. The number of nitrogens with zero attached hydrogens (tertiary/aromatic N) is 3. The number of aromatic amines is 1. The van der Waals surface area contributed by atoms with E-state index in [0.717, 1.165) is 20.8 Å². The van der Waals surface area contributed by atoms with Gasteiger partial charge in [0, 0.05) is 5.69 Å². The number of rotatable bonds is 11. The second-order valence-electron chi connectivity index (χ2n) is 9.12. The van der Waals surface area contributed by atoms with Gasteiger partial charge >= 0.3 is 18.1 Å². The summed E-state index contributed by atoms with van der Waals surface area (Å²) in [4.78, 5) is 81.8. The third-order valence-electron chi connectivity index (χ3n) is 5.94. The first kappa shape index (κ1) is 28.5. The first-order valence-corrected chi connectivity index (χ1v) is 12.4. The maximum atomic E-state index is 12.7. The van der Waals surface area contributed by atoms with Gasteiger partial charge in [-0.05, 0) is 36.8 Å². The Bertz CT molecular complexity index is 1470. The van der Waals surface area contributed by atoms with E-state index >= 15 is 0 Å². The number of hydrogen-bond donors (Lipinski definition) is 5. The van der Waals surface area contributed by atoms with Crippen LogP contribution in [0.5, 0.6) is 0 Å². The van der Waals surface area contributed by atoms with E-state index in [1.807, 2.05) is 24.3 Å². The van der Waals surface area contributed by atoms with Gasteiger partial charge < -0.3 is 35.7 Å². The first-order chi connectivity index (χ1) is 19.6. The summed E-state index contributed by atoms with van der Waals surface area (Å²) in [5, 5.41) is 16.2. The number of imide groups is 1. The second kappa shape index (κ2) is 12.6. The maximum Gasteiger partial charge on any atom is 0.408 e. The van der Waals surface area contributed by atoms with E-state index in [0.29, 0.717) is 17.1 Å². The van der Waals surface area contributed by atoms with E-state index < -0.39 is 48.4 Å². The van der Waals surface area contributed by atoms with Crippen molar-refractivity contribution >= 4 is 52.5 Å². The Balaban J connectivity index is 1.24. The Morgan fingerprint density at radius 3 is 2.61 bits per heavy atom. The predicted molar refractivity (Wildman–Crippen MR) is 142 cm³/mol. The molecule has 2 aromatic carbocycles. The second-order valence-corrected chi connectivity index (χ2v) is 9.12. The fourth-order valence-corrected chi connectivity index (χ4v) is 3.89. The van der Waals surface area contributed by atoms with Gasteiger partial charge in [0.05, 0.1) is 17.6 Å². The Morgan fingerprint density at radius 1 is 1.07 bits per heavy atom. The topological polar surface area (TPSA) is 203 Å². The molecule has 5 N–H and O–H groups in total. The molecular formula is C26H27N7O8. The number of nitrogens with one attached hydrogen (secondary N) is 4. The fraction of sp³-hybridized carbons (Fsp3) is 0.269. The zero-order valence-corrected chi connectivity index (χ0v) is 21.9. The van der Waals surface area contributed by atoms with Crippen LogP contribution in [0.1, 0.15) is 18.3 Å². The van der Waals surface area contributed by atoms with E-state index in [1.54, 1.807) is 18.2 Å². The molecule has 4 rings (SSSR count). The number of benzene rings is 2. The molecule has 1 aliphatic heterocycles. The minimum atomic E-state index is -1.22.